The molecule has 1 atom stereocenters. The van der Waals surface area contributed by atoms with Gasteiger partial charge < -0.3 is 15.4 Å². The van der Waals surface area contributed by atoms with Crippen LogP contribution in [0.1, 0.15) is 18.4 Å². The maximum atomic E-state index is 12.1. The molecule has 0 unspecified atom stereocenters. The molecule has 5 nitrogen and oxygen atoms in total. The van der Waals surface area contributed by atoms with Crippen molar-refractivity contribution in [2.24, 2.45) is 5.73 Å². The van der Waals surface area contributed by atoms with E-state index in [0.29, 0.717) is 0 Å². The first-order valence-corrected chi connectivity index (χ1v) is 7.16. The highest BCUT2D eigenvalue weighted by molar-refractivity contribution is 5.98. The van der Waals surface area contributed by atoms with Crippen molar-refractivity contribution < 1.29 is 9.53 Å². The Kier molecular flexibility index (Phi) is 3.63. The molecule has 1 aromatic rings. The highest BCUT2D eigenvalue weighted by Gasteiger charge is 2.26. The van der Waals surface area contributed by atoms with Crippen molar-refractivity contribution in [1.82, 2.24) is 4.90 Å². The molecule has 0 spiro atoms. The predicted octanol–water partition coefficient (Wildman–Crippen LogP) is 0.965. The third-order valence-corrected chi connectivity index (χ3v) is 4.06. The predicted molar refractivity (Wildman–Crippen MR) is 77.8 cm³/mol. The lowest BCUT2D eigenvalue weighted by Gasteiger charge is -2.20. The minimum absolute atomic E-state index is 0.0953. The van der Waals surface area contributed by atoms with Gasteiger partial charge in [-0.1, -0.05) is 6.07 Å². The monoisotopic (exact) mass is 275 g/mol. The number of fused-ring (bicyclic) bond motifs is 1. The zero-order chi connectivity index (χ0) is 14.1. The Labute approximate surface area is 119 Å². The smallest absolute Gasteiger partial charge is 0.247 e. The number of nitrogens with two attached hydrogens (primary N) is 1. The average molecular weight is 275 g/mol. The Bertz CT molecular complexity index is 512. The fourth-order valence-electron chi connectivity index (χ4n) is 2.86. The van der Waals surface area contributed by atoms with Gasteiger partial charge in [-0.3, -0.25) is 9.69 Å². The Morgan fingerprint density at radius 3 is 2.85 bits per heavy atom. The number of carbonyl (C=O) groups is 1. The molecule has 2 heterocycles. The lowest BCUT2D eigenvalue weighted by atomic mass is 10.1. The van der Waals surface area contributed by atoms with Crippen LogP contribution < -0.4 is 15.4 Å². The number of anilines is 1. The van der Waals surface area contributed by atoms with E-state index >= 15 is 0 Å². The number of likely N-dealkylation sites (N-methyl/N-ethyl adjacent to an activating group) is 1. The summed E-state index contributed by atoms with van der Waals surface area (Å²) in [4.78, 5) is 16.1. The zero-order valence-corrected chi connectivity index (χ0v) is 11.8. The van der Waals surface area contributed by atoms with Crippen LogP contribution in [0.3, 0.4) is 0 Å². The minimum Gasteiger partial charge on any atom is -0.489 e. The molecular weight excluding hydrogens is 254 g/mol. The van der Waals surface area contributed by atoms with Crippen molar-refractivity contribution in [3.05, 3.63) is 23.8 Å². The van der Waals surface area contributed by atoms with E-state index in [9.17, 15) is 4.79 Å². The fourth-order valence-corrected chi connectivity index (χ4v) is 2.86. The standard InChI is InChI=1S/C15H21N3O2/c1-17-13-8-11(9-18-6-2-3-7-18)4-5-14(13)20-10-12(16)15(17)19/h4-5,8,12H,2-3,6-7,9-10,16H2,1H3/t12-/m0/s1. The van der Waals surface area contributed by atoms with Gasteiger partial charge in [0.05, 0.1) is 5.69 Å². The molecule has 5 heteroatoms. The second-order valence-electron chi connectivity index (χ2n) is 5.60. The highest BCUT2D eigenvalue weighted by Crippen LogP contribution is 2.32. The van der Waals surface area contributed by atoms with E-state index in [2.05, 4.69) is 11.0 Å². The largest absolute Gasteiger partial charge is 0.489 e. The van der Waals surface area contributed by atoms with Crippen LogP contribution in [-0.4, -0.2) is 43.6 Å². The molecule has 3 rings (SSSR count). The van der Waals surface area contributed by atoms with Crippen molar-refractivity contribution >= 4 is 11.6 Å². The molecule has 0 aliphatic carbocycles. The maximum absolute atomic E-state index is 12.1. The molecule has 1 amide bonds. The summed E-state index contributed by atoms with van der Waals surface area (Å²) in [6.07, 6.45) is 2.56. The molecule has 2 N–H and O–H groups in total. The van der Waals surface area contributed by atoms with Crippen LogP contribution in [0, 0.1) is 0 Å². The molecule has 1 saturated heterocycles. The van der Waals surface area contributed by atoms with Crippen LogP contribution >= 0.6 is 0 Å². The van der Waals surface area contributed by atoms with Crippen molar-refractivity contribution in [2.45, 2.75) is 25.4 Å². The number of benzene rings is 1. The first-order chi connectivity index (χ1) is 9.65. The van der Waals surface area contributed by atoms with Gasteiger partial charge in [0.15, 0.2) is 0 Å². The van der Waals surface area contributed by atoms with Crippen molar-refractivity contribution in [3.8, 4) is 5.75 Å². The molecular formula is C15H21N3O2. The lowest BCUT2D eigenvalue weighted by molar-refractivity contribution is -0.119. The van der Waals surface area contributed by atoms with Gasteiger partial charge in [0, 0.05) is 13.6 Å². The van der Waals surface area contributed by atoms with Crippen LogP contribution in [0.2, 0.25) is 0 Å². The topological polar surface area (TPSA) is 58.8 Å². The number of carbonyl (C=O) groups excluding carboxylic acids is 1. The normalized spacial score (nSPS) is 23.4. The Morgan fingerprint density at radius 2 is 2.10 bits per heavy atom. The molecule has 0 saturated carbocycles. The quantitative estimate of drug-likeness (QED) is 0.873. The molecule has 0 radical (unpaired) electrons. The molecule has 0 bridgehead atoms. The zero-order valence-electron chi connectivity index (χ0n) is 11.8. The van der Waals surface area contributed by atoms with Gasteiger partial charge in [-0.05, 0) is 43.6 Å². The van der Waals surface area contributed by atoms with Gasteiger partial charge in [-0.25, -0.2) is 0 Å². The van der Waals surface area contributed by atoms with E-state index in [1.807, 2.05) is 12.1 Å². The summed E-state index contributed by atoms with van der Waals surface area (Å²) in [6.45, 7) is 3.49. The van der Waals surface area contributed by atoms with Gasteiger partial charge in [0.2, 0.25) is 5.91 Å². The average Bonchev–Trinajstić information content (AvgIpc) is 2.93. The number of amides is 1. The second-order valence-corrected chi connectivity index (χ2v) is 5.60. The number of hydrogen-bond acceptors (Lipinski definition) is 4. The van der Waals surface area contributed by atoms with Crippen LogP contribution in [0.25, 0.3) is 0 Å². The number of rotatable bonds is 2. The summed E-state index contributed by atoms with van der Waals surface area (Å²) >= 11 is 0. The van der Waals surface area contributed by atoms with Crippen molar-refractivity contribution in [3.63, 3.8) is 0 Å². The SMILES string of the molecule is CN1C(=O)[C@@H](N)COc2ccc(CN3CCCC3)cc21. The van der Waals surface area contributed by atoms with Gasteiger partial charge in [0.1, 0.15) is 18.4 Å². The number of nitrogens with zero attached hydrogens (tertiary/aromatic N) is 2. The first kappa shape index (κ1) is 13.4. The summed E-state index contributed by atoms with van der Waals surface area (Å²) in [6, 6.07) is 5.48. The summed E-state index contributed by atoms with van der Waals surface area (Å²) in [5.41, 5.74) is 7.83. The molecule has 1 aromatic carbocycles. The molecule has 0 aromatic heterocycles. The number of ether oxygens (including phenoxy) is 1. The van der Waals surface area contributed by atoms with Gasteiger partial charge >= 0.3 is 0 Å². The van der Waals surface area contributed by atoms with E-state index in [-0.39, 0.29) is 12.5 Å². The van der Waals surface area contributed by atoms with E-state index in [0.717, 1.165) is 31.1 Å². The summed E-state index contributed by atoms with van der Waals surface area (Å²) in [7, 11) is 1.76. The van der Waals surface area contributed by atoms with Crippen LogP contribution in [0.5, 0.6) is 5.75 Å². The van der Waals surface area contributed by atoms with Gasteiger partial charge in [0.25, 0.3) is 0 Å². The summed E-state index contributed by atoms with van der Waals surface area (Å²) in [5, 5.41) is 0. The Hall–Kier alpha value is -1.59. The van der Waals surface area contributed by atoms with E-state index in [4.69, 9.17) is 10.5 Å². The summed E-state index contributed by atoms with van der Waals surface area (Å²) < 4.78 is 5.63. The highest BCUT2D eigenvalue weighted by atomic mass is 16.5. The van der Waals surface area contributed by atoms with Crippen molar-refractivity contribution in [1.29, 1.82) is 0 Å². The lowest BCUT2D eigenvalue weighted by Crippen LogP contribution is -2.43. The Morgan fingerprint density at radius 1 is 1.35 bits per heavy atom. The number of hydrogen-bond donors (Lipinski definition) is 1. The fraction of sp³-hybridized carbons (Fsp3) is 0.533. The number of likely N-dealkylation sites (tertiary alicyclic amines) is 1. The Balaban J connectivity index is 1.85. The molecule has 2 aliphatic rings. The van der Waals surface area contributed by atoms with Crippen LogP contribution in [0.15, 0.2) is 18.2 Å². The molecule has 20 heavy (non-hydrogen) atoms. The maximum Gasteiger partial charge on any atom is 0.247 e. The van der Waals surface area contributed by atoms with E-state index < -0.39 is 6.04 Å². The van der Waals surface area contributed by atoms with Gasteiger partial charge in [-0.15, -0.1) is 0 Å². The van der Waals surface area contributed by atoms with Crippen molar-refractivity contribution in [2.75, 3.05) is 31.6 Å². The van der Waals surface area contributed by atoms with E-state index in [1.54, 1.807) is 11.9 Å². The van der Waals surface area contributed by atoms with E-state index in [1.165, 1.54) is 18.4 Å². The third kappa shape index (κ3) is 2.51. The second kappa shape index (κ2) is 5.42. The van der Waals surface area contributed by atoms with Gasteiger partial charge in [-0.2, -0.15) is 0 Å². The summed E-state index contributed by atoms with van der Waals surface area (Å²) in [5.74, 6) is 0.640. The third-order valence-electron chi connectivity index (χ3n) is 4.06. The molecule has 2 aliphatic heterocycles. The molecule has 108 valence electrons. The molecule has 1 fully saturated rings. The van der Waals surface area contributed by atoms with Crippen LogP contribution in [-0.2, 0) is 11.3 Å². The van der Waals surface area contributed by atoms with Crippen LogP contribution in [0.4, 0.5) is 5.69 Å². The minimum atomic E-state index is -0.588. The first-order valence-electron chi connectivity index (χ1n) is 7.16.